The van der Waals surface area contributed by atoms with Gasteiger partial charge in [-0.3, -0.25) is 4.68 Å². The molecule has 0 saturated heterocycles. The highest BCUT2D eigenvalue weighted by Crippen LogP contribution is 2.21. The van der Waals surface area contributed by atoms with E-state index in [-0.39, 0.29) is 0 Å². The molecule has 1 aromatic heterocycles. The van der Waals surface area contributed by atoms with E-state index in [0.29, 0.717) is 10.0 Å². The molecule has 0 atom stereocenters. The molecular weight excluding hydrogens is 280 g/mol. The molecule has 0 aliphatic carbocycles. The Morgan fingerprint density at radius 2 is 2.32 bits per heavy atom. The molecule has 4 nitrogen and oxygen atoms in total. The fourth-order valence-electron chi connectivity index (χ4n) is 1.82. The van der Waals surface area contributed by atoms with E-state index >= 15 is 0 Å². The molecule has 0 unspecified atom stereocenters. The van der Waals surface area contributed by atoms with Crippen LogP contribution in [0.25, 0.3) is 0 Å². The number of nitrogens with zero attached hydrogens (tertiary/aromatic N) is 2. The molecule has 0 spiro atoms. The van der Waals surface area contributed by atoms with Crippen molar-refractivity contribution in [2.24, 2.45) is 12.8 Å². The van der Waals surface area contributed by atoms with Crippen LogP contribution >= 0.6 is 23.8 Å². The Morgan fingerprint density at radius 3 is 2.95 bits per heavy atom. The molecule has 0 saturated carbocycles. The second-order valence-electron chi connectivity index (χ2n) is 4.25. The number of hydrogen-bond donors (Lipinski definition) is 2. The summed E-state index contributed by atoms with van der Waals surface area (Å²) in [6, 6.07) is 5.44. The third kappa shape index (κ3) is 3.68. The average molecular weight is 295 g/mol. The molecule has 0 amide bonds. The molecule has 0 radical (unpaired) electrons. The van der Waals surface area contributed by atoms with Crippen molar-refractivity contribution >= 4 is 34.5 Å². The molecule has 1 aromatic carbocycles. The summed E-state index contributed by atoms with van der Waals surface area (Å²) < 4.78 is 1.79. The van der Waals surface area contributed by atoms with Crippen molar-refractivity contribution in [3.05, 3.63) is 46.7 Å². The van der Waals surface area contributed by atoms with Crippen LogP contribution in [0.15, 0.2) is 30.6 Å². The average Bonchev–Trinajstić information content (AvgIpc) is 2.75. The lowest BCUT2D eigenvalue weighted by Gasteiger charge is -2.11. The van der Waals surface area contributed by atoms with Crippen LogP contribution in [0.5, 0.6) is 0 Å². The van der Waals surface area contributed by atoms with Crippen molar-refractivity contribution in [1.29, 1.82) is 0 Å². The summed E-state index contributed by atoms with van der Waals surface area (Å²) in [5.41, 5.74) is 8.54. The summed E-state index contributed by atoms with van der Waals surface area (Å²) in [5.74, 6) is 0. The summed E-state index contributed by atoms with van der Waals surface area (Å²) in [7, 11) is 1.90. The molecule has 0 fully saturated rings. The molecule has 0 bridgehead atoms. The number of benzene rings is 1. The van der Waals surface area contributed by atoms with Crippen molar-refractivity contribution in [2.75, 3.05) is 11.9 Å². The van der Waals surface area contributed by atoms with Crippen molar-refractivity contribution in [2.45, 2.75) is 6.42 Å². The smallest absolute Gasteiger partial charge is 0.106 e. The molecule has 100 valence electrons. The highest BCUT2D eigenvalue weighted by atomic mass is 35.5. The molecule has 6 heteroatoms. The van der Waals surface area contributed by atoms with Gasteiger partial charge in [-0.2, -0.15) is 5.10 Å². The van der Waals surface area contributed by atoms with Crippen LogP contribution < -0.4 is 11.1 Å². The largest absolute Gasteiger partial charge is 0.389 e. The van der Waals surface area contributed by atoms with E-state index in [4.69, 9.17) is 29.6 Å². The Hall–Kier alpha value is -1.59. The van der Waals surface area contributed by atoms with Crippen molar-refractivity contribution < 1.29 is 0 Å². The van der Waals surface area contributed by atoms with E-state index in [9.17, 15) is 0 Å². The molecule has 2 aromatic rings. The molecule has 19 heavy (non-hydrogen) atoms. The van der Waals surface area contributed by atoms with Crippen LogP contribution in [-0.2, 0) is 13.5 Å². The van der Waals surface area contributed by atoms with E-state index in [1.54, 1.807) is 10.7 Å². The van der Waals surface area contributed by atoms with Crippen LogP contribution in [0.1, 0.15) is 11.1 Å². The molecule has 3 N–H and O–H groups in total. The third-order valence-electron chi connectivity index (χ3n) is 2.73. The Morgan fingerprint density at radius 1 is 1.53 bits per heavy atom. The Balaban J connectivity index is 2.02. The lowest BCUT2D eigenvalue weighted by atomic mass is 10.1. The first-order valence-corrected chi connectivity index (χ1v) is 6.65. The summed E-state index contributed by atoms with van der Waals surface area (Å²) in [4.78, 5) is 0.362. The minimum absolute atomic E-state index is 0.362. The molecule has 1 heterocycles. The van der Waals surface area contributed by atoms with Gasteiger partial charge in [-0.05, 0) is 30.2 Å². The maximum atomic E-state index is 5.98. The number of aryl methyl sites for hydroxylation is 1. The summed E-state index contributed by atoms with van der Waals surface area (Å²) in [5, 5.41) is 8.09. The predicted octanol–water partition coefficient (Wildman–Crippen LogP) is 2.36. The highest BCUT2D eigenvalue weighted by molar-refractivity contribution is 7.80. The van der Waals surface area contributed by atoms with Gasteiger partial charge in [0.2, 0.25) is 0 Å². The maximum absolute atomic E-state index is 5.98. The normalized spacial score (nSPS) is 10.4. The van der Waals surface area contributed by atoms with Gasteiger partial charge < -0.3 is 11.1 Å². The zero-order valence-electron chi connectivity index (χ0n) is 10.6. The lowest BCUT2D eigenvalue weighted by Crippen LogP contribution is -2.14. The van der Waals surface area contributed by atoms with Gasteiger partial charge in [0.1, 0.15) is 4.99 Å². The minimum Gasteiger partial charge on any atom is -0.389 e. The van der Waals surface area contributed by atoms with Crippen LogP contribution in [0, 0.1) is 0 Å². The molecule has 0 aliphatic rings. The van der Waals surface area contributed by atoms with Gasteiger partial charge in [-0.1, -0.05) is 23.8 Å². The first kappa shape index (κ1) is 13.8. The fourth-order valence-corrected chi connectivity index (χ4v) is 2.17. The Kier molecular flexibility index (Phi) is 4.39. The SMILES string of the molecule is Cn1cc(CCNc2cc(Cl)ccc2C(N)=S)cn1. The monoisotopic (exact) mass is 294 g/mol. The van der Waals surface area contributed by atoms with Gasteiger partial charge in [0.25, 0.3) is 0 Å². The predicted molar refractivity (Wildman–Crippen MR) is 82.7 cm³/mol. The van der Waals surface area contributed by atoms with Gasteiger partial charge in [-0.15, -0.1) is 0 Å². The first-order valence-electron chi connectivity index (χ1n) is 5.87. The number of hydrogen-bond acceptors (Lipinski definition) is 3. The number of aromatic nitrogens is 2. The molecular formula is C13H15ClN4S. The minimum atomic E-state index is 0.362. The standard InChI is InChI=1S/C13H15ClN4S/c1-18-8-9(7-17-18)4-5-16-12-6-10(14)2-3-11(12)13(15)19/h2-3,6-8,16H,4-5H2,1H3,(H2,15,19). The van der Waals surface area contributed by atoms with E-state index in [1.807, 2.05) is 31.6 Å². The van der Waals surface area contributed by atoms with Crippen LogP contribution in [0.4, 0.5) is 5.69 Å². The summed E-state index contributed by atoms with van der Waals surface area (Å²) >= 11 is 11.0. The molecule has 2 rings (SSSR count). The van der Waals surface area contributed by atoms with Crippen molar-refractivity contribution in [1.82, 2.24) is 9.78 Å². The summed E-state index contributed by atoms with van der Waals surface area (Å²) in [6.45, 7) is 0.766. The van der Waals surface area contributed by atoms with Crippen molar-refractivity contribution in [3.63, 3.8) is 0 Å². The Bertz CT molecular complexity index is 594. The van der Waals surface area contributed by atoms with Gasteiger partial charge in [0, 0.05) is 36.1 Å². The van der Waals surface area contributed by atoms with E-state index in [2.05, 4.69) is 10.4 Å². The topological polar surface area (TPSA) is 55.9 Å². The lowest BCUT2D eigenvalue weighted by molar-refractivity contribution is 0.767. The number of halogens is 1. The quantitative estimate of drug-likeness (QED) is 0.831. The molecule has 0 aliphatic heterocycles. The van der Waals surface area contributed by atoms with Gasteiger partial charge >= 0.3 is 0 Å². The highest BCUT2D eigenvalue weighted by Gasteiger charge is 2.06. The van der Waals surface area contributed by atoms with Crippen LogP contribution in [0.2, 0.25) is 5.02 Å². The van der Waals surface area contributed by atoms with E-state index < -0.39 is 0 Å². The van der Waals surface area contributed by atoms with E-state index in [1.165, 1.54) is 5.56 Å². The fraction of sp³-hybridized carbons (Fsp3) is 0.231. The number of anilines is 1. The van der Waals surface area contributed by atoms with E-state index in [0.717, 1.165) is 24.2 Å². The first-order chi connectivity index (χ1) is 9.06. The summed E-state index contributed by atoms with van der Waals surface area (Å²) in [6.07, 6.45) is 4.72. The van der Waals surface area contributed by atoms with Gasteiger partial charge in [0.05, 0.1) is 6.20 Å². The van der Waals surface area contributed by atoms with Gasteiger partial charge in [-0.25, -0.2) is 0 Å². The number of thiocarbonyl (C=S) groups is 1. The van der Waals surface area contributed by atoms with Crippen molar-refractivity contribution in [3.8, 4) is 0 Å². The second kappa shape index (κ2) is 6.04. The zero-order valence-corrected chi connectivity index (χ0v) is 12.1. The Labute approximate surface area is 122 Å². The van der Waals surface area contributed by atoms with Gasteiger partial charge in [0.15, 0.2) is 0 Å². The number of nitrogens with one attached hydrogen (secondary N) is 1. The van der Waals surface area contributed by atoms with Crippen LogP contribution in [0.3, 0.4) is 0 Å². The third-order valence-corrected chi connectivity index (χ3v) is 3.19. The maximum Gasteiger partial charge on any atom is 0.106 e. The number of rotatable bonds is 5. The second-order valence-corrected chi connectivity index (χ2v) is 5.13. The number of nitrogens with two attached hydrogens (primary N) is 1. The zero-order chi connectivity index (χ0) is 13.8. The van der Waals surface area contributed by atoms with Crippen LogP contribution in [-0.4, -0.2) is 21.3 Å².